The molecule has 1 aliphatic rings. The molecule has 0 bridgehead atoms. The normalized spacial score (nSPS) is 16.6. The number of aromatic nitrogens is 1. The molecule has 19 heavy (non-hydrogen) atoms. The summed E-state index contributed by atoms with van der Waals surface area (Å²) < 4.78 is 2.18. The van der Waals surface area contributed by atoms with Gasteiger partial charge in [-0.3, -0.25) is 4.90 Å². The summed E-state index contributed by atoms with van der Waals surface area (Å²) in [6.07, 6.45) is 6.47. The molecule has 0 saturated carbocycles. The molecule has 0 unspecified atom stereocenters. The molecule has 2 aromatic rings. The maximum atomic E-state index is 10.5. The van der Waals surface area contributed by atoms with E-state index in [4.69, 9.17) is 0 Å². The summed E-state index contributed by atoms with van der Waals surface area (Å²) in [5, 5.41) is 1.32. The molecule has 1 aromatic heterocycles. The van der Waals surface area contributed by atoms with Crippen LogP contribution in [-0.4, -0.2) is 35.4 Å². The molecule has 2 heterocycles. The van der Waals surface area contributed by atoms with Crippen LogP contribution in [0.3, 0.4) is 0 Å². The SMILES string of the molecule is Cn1cc(C2=CCN(CC=O)CC2)c2ccccc21. The van der Waals surface area contributed by atoms with E-state index in [0.29, 0.717) is 6.54 Å². The predicted octanol–water partition coefficient (Wildman–Crippen LogP) is 2.47. The van der Waals surface area contributed by atoms with Crippen molar-refractivity contribution in [2.24, 2.45) is 7.05 Å². The number of benzene rings is 1. The van der Waals surface area contributed by atoms with Gasteiger partial charge in [0.05, 0.1) is 6.54 Å². The molecule has 0 atom stereocenters. The van der Waals surface area contributed by atoms with E-state index in [1.165, 1.54) is 22.0 Å². The van der Waals surface area contributed by atoms with Crippen LogP contribution in [0.25, 0.3) is 16.5 Å². The molecular formula is C16H18N2O. The number of aryl methyl sites for hydroxylation is 1. The lowest BCUT2D eigenvalue weighted by atomic mass is 9.99. The largest absolute Gasteiger partial charge is 0.350 e. The van der Waals surface area contributed by atoms with E-state index in [1.807, 2.05) is 0 Å². The number of hydrogen-bond donors (Lipinski definition) is 0. The predicted molar refractivity (Wildman–Crippen MR) is 78.0 cm³/mol. The Labute approximate surface area is 113 Å². The highest BCUT2D eigenvalue weighted by Crippen LogP contribution is 2.30. The minimum absolute atomic E-state index is 0.541. The van der Waals surface area contributed by atoms with Crippen LogP contribution in [0.4, 0.5) is 0 Å². The highest BCUT2D eigenvalue weighted by molar-refractivity contribution is 5.93. The van der Waals surface area contributed by atoms with Crippen molar-refractivity contribution in [1.29, 1.82) is 0 Å². The van der Waals surface area contributed by atoms with Crippen molar-refractivity contribution < 1.29 is 4.79 Å². The first-order valence-corrected chi connectivity index (χ1v) is 6.69. The molecule has 3 nitrogen and oxygen atoms in total. The number of carbonyl (C=O) groups excluding carboxylic acids is 1. The van der Waals surface area contributed by atoms with E-state index in [1.54, 1.807) is 0 Å². The zero-order valence-corrected chi connectivity index (χ0v) is 11.2. The van der Waals surface area contributed by atoms with E-state index >= 15 is 0 Å². The standard InChI is InChI=1S/C16H18N2O/c1-17-12-15(14-4-2-3-5-16(14)17)13-6-8-18(9-7-13)10-11-19/h2-6,11-12H,7-10H2,1H3. The summed E-state index contributed by atoms with van der Waals surface area (Å²) in [5.74, 6) is 0. The minimum Gasteiger partial charge on any atom is -0.350 e. The van der Waals surface area contributed by atoms with Gasteiger partial charge >= 0.3 is 0 Å². The molecule has 0 aliphatic carbocycles. The van der Waals surface area contributed by atoms with Gasteiger partial charge in [0.2, 0.25) is 0 Å². The van der Waals surface area contributed by atoms with Crippen LogP contribution in [0, 0.1) is 0 Å². The van der Waals surface area contributed by atoms with Crippen LogP contribution < -0.4 is 0 Å². The third-order valence-corrected chi connectivity index (χ3v) is 3.87. The average molecular weight is 254 g/mol. The lowest BCUT2D eigenvalue weighted by Crippen LogP contribution is -2.30. The second-order valence-electron chi connectivity index (χ2n) is 5.08. The van der Waals surface area contributed by atoms with Crippen molar-refractivity contribution in [1.82, 2.24) is 9.47 Å². The Kier molecular flexibility index (Phi) is 3.22. The zero-order chi connectivity index (χ0) is 13.2. The minimum atomic E-state index is 0.541. The maximum absolute atomic E-state index is 10.5. The summed E-state index contributed by atoms with van der Waals surface area (Å²) in [6.45, 7) is 2.38. The van der Waals surface area contributed by atoms with E-state index in [-0.39, 0.29) is 0 Å². The average Bonchev–Trinajstić information content (AvgIpc) is 2.78. The van der Waals surface area contributed by atoms with E-state index < -0.39 is 0 Å². The van der Waals surface area contributed by atoms with Crippen LogP contribution >= 0.6 is 0 Å². The Bertz CT molecular complexity index is 639. The molecule has 0 amide bonds. The number of aldehydes is 1. The number of carbonyl (C=O) groups is 1. The Morgan fingerprint density at radius 1 is 1.32 bits per heavy atom. The van der Waals surface area contributed by atoms with E-state index in [9.17, 15) is 4.79 Å². The molecule has 1 aromatic carbocycles. The Hall–Kier alpha value is -1.87. The van der Waals surface area contributed by atoms with E-state index in [0.717, 1.165) is 25.8 Å². The number of para-hydroxylation sites is 1. The van der Waals surface area contributed by atoms with Crippen LogP contribution in [-0.2, 0) is 11.8 Å². The molecule has 1 aliphatic heterocycles. The fourth-order valence-electron chi connectivity index (χ4n) is 2.82. The number of hydrogen-bond acceptors (Lipinski definition) is 2. The van der Waals surface area contributed by atoms with Crippen molar-refractivity contribution in [2.45, 2.75) is 6.42 Å². The fraction of sp³-hybridized carbons (Fsp3) is 0.312. The fourth-order valence-corrected chi connectivity index (χ4v) is 2.82. The molecule has 0 N–H and O–H groups in total. The third-order valence-electron chi connectivity index (χ3n) is 3.87. The van der Waals surface area contributed by atoms with Gasteiger partial charge < -0.3 is 9.36 Å². The van der Waals surface area contributed by atoms with Gasteiger partial charge in [-0.15, -0.1) is 0 Å². The third kappa shape index (κ3) is 2.22. The Morgan fingerprint density at radius 2 is 2.16 bits per heavy atom. The summed E-state index contributed by atoms with van der Waals surface area (Å²) >= 11 is 0. The second-order valence-corrected chi connectivity index (χ2v) is 5.08. The maximum Gasteiger partial charge on any atom is 0.133 e. The van der Waals surface area contributed by atoms with Crippen molar-refractivity contribution in [3.63, 3.8) is 0 Å². The monoisotopic (exact) mass is 254 g/mol. The highest BCUT2D eigenvalue weighted by atomic mass is 16.1. The lowest BCUT2D eigenvalue weighted by molar-refractivity contribution is -0.108. The van der Waals surface area contributed by atoms with Gasteiger partial charge in [0.1, 0.15) is 6.29 Å². The second kappa shape index (κ2) is 5.02. The van der Waals surface area contributed by atoms with Crippen LogP contribution in [0.2, 0.25) is 0 Å². The number of nitrogens with zero attached hydrogens (tertiary/aromatic N) is 2. The molecule has 0 saturated heterocycles. The van der Waals surface area contributed by atoms with Crippen molar-refractivity contribution >= 4 is 22.8 Å². The highest BCUT2D eigenvalue weighted by Gasteiger charge is 2.15. The lowest BCUT2D eigenvalue weighted by Gasteiger charge is -2.24. The summed E-state index contributed by atoms with van der Waals surface area (Å²) in [7, 11) is 2.09. The van der Waals surface area contributed by atoms with Gasteiger partial charge in [-0.25, -0.2) is 0 Å². The number of rotatable bonds is 3. The van der Waals surface area contributed by atoms with E-state index in [2.05, 4.69) is 53.1 Å². The van der Waals surface area contributed by atoms with Gasteiger partial charge in [0, 0.05) is 42.8 Å². The van der Waals surface area contributed by atoms with Crippen molar-refractivity contribution in [2.75, 3.05) is 19.6 Å². The molecule has 98 valence electrons. The summed E-state index contributed by atoms with van der Waals surface area (Å²) in [5.41, 5.74) is 4.01. The van der Waals surface area contributed by atoms with Gasteiger partial charge in [-0.05, 0) is 18.1 Å². The van der Waals surface area contributed by atoms with Crippen molar-refractivity contribution in [3.8, 4) is 0 Å². The topological polar surface area (TPSA) is 25.2 Å². The molecule has 3 rings (SSSR count). The van der Waals surface area contributed by atoms with Gasteiger partial charge in [0.25, 0.3) is 0 Å². The molecule has 0 radical (unpaired) electrons. The first-order chi connectivity index (χ1) is 9.29. The molecule has 3 heteroatoms. The van der Waals surface area contributed by atoms with Crippen LogP contribution in [0.5, 0.6) is 0 Å². The first kappa shape index (κ1) is 12.2. The summed E-state index contributed by atoms with van der Waals surface area (Å²) in [6, 6.07) is 8.51. The smallest absolute Gasteiger partial charge is 0.133 e. The van der Waals surface area contributed by atoms with Gasteiger partial charge in [-0.1, -0.05) is 24.3 Å². The zero-order valence-electron chi connectivity index (χ0n) is 11.2. The number of fused-ring (bicyclic) bond motifs is 1. The van der Waals surface area contributed by atoms with Gasteiger partial charge in [0.15, 0.2) is 0 Å². The molecule has 0 spiro atoms. The van der Waals surface area contributed by atoms with Crippen LogP contribution in [0.15, 0.2) is 36.5 Å². The first-order valence-electron chi connectivity index (χ1n) is 6.69. The Balaban J connectivity index is 1.95. The van der Waals surface area contributed by atoms with Crippen LogP contribution in [0.1, 0.15) is 12.0 Å². The Morgan fingerprint density at radius 3 is 2.89 bits per heavy atom. The van der Waals surface area contributed by atoms with Gasteiger partial charge in [-0.2, -0.15) is 0 Å². The quantitative estimate of drug-likeness (QED) is 0.786. The molecular weight excluding hydrogens is 236 g/mol. The van der Waals surface area contributed by atoms with Crippen molar-refractivity contribution in [3.05, 3.63) is 42.1 Å². The summed E-state index contributed by atoms with van der Waals surface area (Å²) in [4.78, 5) is 12.7. The molecule has 0 fully saturated rings.